The summed E-state index contributed by atoms with van der Waals surface area (Å²) < 4.78 is 42.7. The molecule has 0 aromatic carbocycles. The number of hydrogen-bond acceptors (Lipinski definition) is 6. The molecule has 0 amide bonds. The van der Waals surface area contributed by atoms with Crippen molar-refractivity contribution in [2.75, 3.05) is 19.0 Å². The zero-order valence-corrected chi connectivity index (χ0v) is 12.3. The summed E-state index contributed by atoms with van der Waals surface area (Å²) in [5.74, 6) is -0.906. The van der Waals surface area contributed by atoms with Gasteiger partial charge in [0.25, 0.3) is 0 Å². The molecule has 9 heteroatoms. The number of ether oxygens (including phenoxy) is 1. The van der Waals surface area contributed by atoms with Crippen LogP contribution in [-0.2, 0) is 17.3 Å². The highest BCUT2D eigenvalue weighted by Crippen LogP contribution is 2.29. The van der Waals surface area contributed by atoms with Crippen LogP contribution in [0.5, 0.6) is 0 Å². The van der Waals surface area contributed by atoms with Crippen LogP contribution in [0.1, 0.15) is 21.1 Å². The summed E-state index contributed by atoms with van der Waals surface area (Å²) in [6, 6.07) is 1.80. The third-order valence-corrected chi connectivity index (χ3v) is 3.55. The van der Waals surface area contributed by atoms with E-state index in [0.717, 1.165) is 24.3 Å². The van der Waals surface area contributed by atoms with Crippen molar-refractivity contribution in [3.63, 3.8) is 0 Å². The minimum Gasteiger partial charge on any atom is -0.465 e. The van der Waals surface area contributed by atoms with Gasteiger partial charge in [0, 0.05) is 24.5 Å². The van der Waals surface area contributed by atoms with E-state index in [2.05, 4.69) is 20.0 Å². The lowest BCUT2D eigenvalue weighted by atomic mass is 10.2. The molecule has 0 aliphatic rings. The monoisotopic (exact) mass is 331 g/mol. The highest BCUT2D eigenvalue weighted by atomic mass is 32.1. The highest BCUT2D eigenvalue weighted by Gasteiger charge is 2.33. The van der Waals surface area contributed by atoms with Gasteiger partial charge in [-0.05, 0) is 12.1 Å². The number of aromatic nitrogens is 2. The van der Waals surface area contributed by atoms with Gasteiger partial charge in [-0.3, -0.25) is 0 Å². The van der Waals surface area contributed by atoms with E-state index in [-0.39, 0.29) is 11.4 Å². The number of methoxy groups -OCH3 is 1. The van der Waals surface area contributed by atoms with Gasteiger partial charge in [-0.1, -0.05) is 0 Å². The molecule has 22 heavy (non-hydrogen) atoms. The van der Waals surface area contributed by atoms with Gasteiger partial charge in [-0.25, -0.2) is 14.8 Å². The van der Waals surface area contributed by atoms with Crippen LogP contribution in [0.4, 0.5) is 19.0 Å². The molecule has 0 bridgehead atoms. The number of esters is 1. The van der Waals surface area contributed by atoms with E-state index < -0.39 is 17.8 Å². The third kappa shape index (κ3) is 3.94. The van der Waals surface area contributed by atoms with E-state index in [4.69, 9.17) is 0 Å². The molecule has 118 valence electrons. The predicted molar refractivity (Wildman–Crippen MR) is 74.9 cm³/mol. The predicted octanol–water partition coefficient (Wildman–Crippen LogP) is 3.00. The average molecular weight is 331 g/mol. The first-order valence-corrected chi connectivity index (χ1v) is 7.08. The van der Waals surface area contributed by atoms with Crippen LogP contribution in [-0.4, -0.2) is 29.6 Å². The number of alkyl halides is 3. The number of pyridine rings is 1. The van der Waals surface area contributed by atoms with Crippen LogP contribution < -0.4 is 5.32 Å². The van der Waals surface area contributed by atoms with Crippen LogP contribution in [0.3, 0.4) is 0 Å². The largest absolute Gasteiger partial charge is 0.465 e. The molecule has 0 aliphatic carbocycles. The number of thiazole rings is 1. The molecule has 2 aromatic rings. The Kier molecular flexibility index (Phi) is 4.96. The summed E-state index contributed by atoms with van der Waals surface area (Å²) in [5.41, 5.74) is -1.12. The Bertz CT molecular complexity index is 644. The van der Waals surface area contributed by atoms with Crippen molar-refractivity contribution in [3.8, 4) is 0 Å². The molecule has 5 nitrogen and oxygen atoms in total. The van der Waals surface area contributed by atoms with Crippen molar-refractivity contribution in [1.29, 1.82) is 0 Å². The number of rotatable bonds is 5. The first-order valence-electron chi connectivity index (χ1n) is 6.20. The van der Waals surface area contributed by atoms with Crippen molar-refractivity contribution in [1.82, 2.24) is 9.97 Å². The second-order valence-electron chi connectivity index (χ2n) is 4.18. The maximum Gasteiger partial charge on any atom is 0.433 e. The fourth-order valence-corrected chi connectivity index (χ4v) is 2.31. The first-order chi connectivity index (χ1) is 10.4. The molecule has 2 aromatic heterocycles. The molecular formula is C13H12F3N3O2S. The normalized spacial score (nSPS) is 11.3. The Hall–Kier alpha value is -2.16. The van der Waals surface area contributed by atoms with E-state index in [1.807, 2.05) is 0 Å². The van der Waals surface area contributed by atoms with Crippen molar-refractivity contribution in [3.05, 3.63) is 40.0 Å². The van der Waals surface area contributed by atoms with Crippen LogP contribution in [0.25, 0.3) is 0 Å². The maximum absolute atomic E-state index is 12.7. The number of carbonyl (C=O) groups excluding carboxylic acids is 1. The summed E-state index contributed by atoms with van der Waals surface area (Å²) in [7, 11) is 1.15. The Morgan fingerprint density at radius 1 is 1.41 bits per heavy atom. The van der Waals surface area contributed by atoms with Gasteiger partial charge in [-0.2, -0.15) is 13.2 Å². The summed E-state index contributed by atoms with van der Waals surface area (Å²) in [4.78, 5) is 19.1. The molecule has 0 saturated carbocycles. The van der Waals surface area contributed by atoms with Crippen LogP contribution >= 0.6 is 11.3 Å². The van der Waals surface area contributed by atoms with Crippen molar-refractivity contribution in [2.24, 2.45) is 0 Å². The Morgan fingerprint density at radius 2 is 2.18 bits per heavy atom. The highest BCUT2D eigenvalue weighted by molar-refractivity contribution is 7.09. The number of hydrogen-bond donors (Lipinski definition) is 1. The van der Waals surface area contributed by atoms with E-state index >= 15 is 0 Å². The molecule has 0 fully saturated rings. The molecule has 0 spiro atoms. The second kappa shape index (κ2) is 6.73. The molecule has 1 N–H and O–H groups in total. The number of anilines is 1. The smallest absolute Gasteiger partial charge is 0.433 e. The number of carbonyl (C=O) groups is 1. The molecule has 2 heterocycles. The average Bonchev–Trinajstić information content (AvgIpc) is 2.98. The van der Waals surface area contributed by atoms with Gasteiger partial charge >= 0.3 is 12.1 Å². The lowest BCUT2D eigenvalue weighted by Crippen LogP contribution is -2.16. The number of nitrogens with zero attached hydrogens (tertiary/aromatic N) is 2. The summed E-state index contributed by atoms with van der Waals surface area (Å²) >= 11 is 1.44. The van der Waals surface area contributed by atoms with Crippen molar-refractivity contribution < 1.29 is 22.7 Å². The SMILES string of the molecule is COC(=O)c1ccc(C(F)(F)F)nc1NCCc1nccs1. The van der Waals surface area contributed by atoms with E-state index in [9.17, 15) is 18.0 Å². The minimum atomic E-state index is -4.58. The standard InChI is InChI=1S/C13H12F3N3O2S/c1-21-12(20)8-2-3-9(13(14,15)16)19-11(8)18-5-4-10-17-6-7-22-10/h2-3,6-7H,4-5H2,1H3,(H,18,19). The lowest BCUT2D eigenvalue weighted by Gasteiger charge is -2.12. The second-order valence-corrected chi connectivity index (χ2v) is 5.16. The topological polar surface area (TPSA) is 64.1 Å². The van der Waals surface area contributed by atoms with Crippen molar-refractivity contribution >= 4 is 23.1 Å². The zero-order chi connectivity index (χ0) is 16.2. The molecule has 0 radical (unpaired) electrons. The number of nitrogens with one attached hydrogen (secondary N) is 1. The van der Waals surface area contributed by atoms with Crippen LogP contribution in [0, 0.1) is 0 Å². The Labute approximate surface area is 128 Å². The molecular weight excluding hydrogens is 319 g/mol. The van der Waals surface area contributed by atoms with Gasteiger partial charge in [0.1, 0.15) is 17.1 Å². The lowest BCUT2D eigenvalue weighted by molar-refractivity contribution is -0.141. The summed E-state index contributed by atoms with van der Waals surface area (Å²) in [5, 5.41) is 5.37. The van der Waals surface area contributed by atoms with E-state index in [1.165, 1.54) is 11.3 Å². The molecule has 0 atom stereocenters. The molecule has 0 unspecified atom stereocenters. The number of halogens is 3. The van der Waals surface area contributed by atoms with Crippen LogP contribution in [0.2, 0.25) is 0 Å². The molecule has 0 saturated heterocycles. The minimum absolute atomic E-state index is 0.0466. The maximum atomic E-state index is 12.7. The fraction of sp³-hybridized carbons (Fsp3) is 0.308. The van der Waals surface area contributed by atoms with Gasteiger partial charge in [0.05, 0.1) is 12.1 Å². The molecule has 2 rings (SSSR count). The Morgan fingerprint density at radius 3 is 2.77 bits per heavy atom. The summed E-state index contributed by atoms with van der Waals surface area (Å²) in [6.45, 7) is 0.297. The van der Waals surface area contributed by atoms with Gasteiger partial charge in [-0.15, -0.1) is 11.3 Å². The van der Waals surface area contributed by atoms with Crippen LogP contribution in [0.15, 0.2) is 23.7 Å². The Balaban J connectivity index is 2.19. The molecule has 0 aliphatic heterocycles. The zero-order valence-electron chi connectivity index (χ0n) is 11.5. The van der Waals surface area contributed by atoms with E-state index in [1.54, 1.807) is 11.6 Å². The summed E-state index contributed by atoms with van der Waals surface area (Å²) in [6.07, 6.45) is -2.43. The van der Waals surface area contributed by atoms with Gasteiger partial charge in [0.2, 0.25) is 0 Å². The third-order valence-electron chi connectivity index (χ3n) is 2.71. The van der Waals surface area contributed by atoms with Crippen molar-refractivity contribution in [2.45, 2.75) is 12.6 Å². The van der Waals surface area contributed by atoms with Gasteiger partial charge < -0.3 is 10.1 Å². The quantitative estimate of drug-likeness (QED) is 0.853. The van der Waals surface area contributed by atoms with E-state index in [0.29, 0.717) is 13.0 Å². The van der Waals surface area contributed by atoms with Gasteiger partial charge in [0.15, 0.2) is 0 Å². The fourth-order valence-electron chi connectivity index (χ4n) is 1.69. The first kappa shape index (κ1) is 16.2.